The first-order valence-electron chi connectivity index (χ1n) is 11.9. The lowest BCUT2D eigenvalue weighted by Crippen LogP contribution is -2.45. The number of sulfonamides is 1. The highest BCUT2D eigenvalue weighted by atomic mass is 32.2. The molecule has 1 N–H and O–H groups in total. The molecule has 0 aliphatic carbocycles. The van der Waals surface area contributed by atoms with E-state index in [2.05, 4.69) is 34.9 Å². The number of rotatable bonds is 8. The molecule has 0 saturated carbocycles. The van der Waals surface area contributed by atoms with Crippen LogP contribution in [0.25, 0.3) is 17.1 Å². The lowest BCUT2D eigenvalue weighted by atomic mass is 10.1. The summed E-state index contributed by atoms with van der Waals surface area (Å²) in [4.78, 5) is 19.0. The van der Waals surface area contributed by atoms with Crippen molar-refractivity contribution in [2.75, 3.05) is 36.9 Å². The van der Waals surface area contributed by atoms with E-state index in [-0.39, 0.29) is 29.9 Å². The number of ether oxygens (including phenoxy) is 2. The summed E-state index contributed by atoms with van der Waals surface area (Å²) in [6, 6.07) is 9.23. The minimum absolute atomic E-state index is 0.0426. The van der Waals surface area contributed by atoms with E-state index in [1.54, 1.807) is 12.4 Å². The Labute approximate surface area is 220 Å². The third-order valence-electron chi connectivity index (χ3n) is 6.16. The zero-order valence-corrected chi connectivity index (χ0v) is 22.0. The van der Waals surface area contributed by atoms with Crippen molar-refractivity contribution < 1.29 is 17.9 Å². The van der Waals surface area contributed by atoms with E-state index < -0.39 is 15.3 Å². The Bertz CT molecular complexity index is 1490. The monoisotopic (exact) mass is 537 g/mol. The molecule has 14 heteroatoms. The average Bonchev–Trinajstić information content (AvgIpc) is 3.35. The second-order valence-electron chi connectivity index (χ2n) is 8.71. The van der Waals surface area contributed by atoms with Gasteiger partial charge < -0.3 is 14.4 Å². The molecule has 1 saturated heterocycles. The summed E-state index contributed by atoms with van der Waals surface area (Å²) in [7, 11) is -1.02. The lowest BCUT2D eigenvalue weighted by Gasteiger charge is -2.32. The van der Waals surface area contributed by atoms with Crippen LogP contribution < -0.4 is 19.1 Å². The maximum atomic E-state index is 13.7. The number of nitrogens with zero attached hydrogens (tertiary/aromatic N) is 8. The standard InChI is InChI=1S/C24H27N9O4S/c1-16-12-25-23(26-13-16)32-11-7-10-18(14-32)38(34,35)31-24-30-29-20(17-8-5-4-6-9-17)33(24)19-21(36-2)27-15-28-22(19)37-3/h4-6,8-9,12-13,15,18H,7,10-11,14H2,1-3H3,(H,30,31). The molecule has 4 aromatic rings. The van der Waals surface area contributed by atoms with Crippen molar-refractivity contribution in [3.63, 3.8) is 0 Å². The second kappa shape index (κ2) is 10.6. The van der Waals surface area contributed by atoms with Crippen LogP contribution >= 0.6 is 0 Å². The van der Waals surface area contributed by atoms with Crippen LogP contribution in [0.2, 0.25) is 0 Å². The Hall–Kier alpha value is -4.33. The van der Waals surface area contributed by atoms with Gasteiger partial charge in [0.1, 0.15) is 6.33 Å². The number of anilines is 2. The van der Waals surface area contributed by atoms with Crippen molar-refractivity contribution in [3.8, 4) is 28.8 Å². The molecule has 1 aliphatic rings. The molecule has 1 aliphatic heterocycles. The second-order valence-corrected chi connectivity index (χ2v) is 10.7. The minimum Gasteiger partial charge on any atom is -0.479 e. The summed E-state index contributed by atoms with van der Waals surface area (Å²) >= 11 is 0. The predicted octanol–water partition coefficient (Wildman–Crippen LogP) is 2.25. The molecule has 3 aromatic heterocycles. The molecule has 0 bridgehead atoms. The predicted molar refractivity (Wildman–Crippen MR) is 140 cm³/mol. The molecule has 5 rings (SSSR count). The zero-order chi connectivity index (χ0) is 26.7. The number of nitrogens with one attached hydrogen (secondary N) is 1. The highest BCUT2D eigenvalue weighted by molar-refractivity contribution is 7.93. The number of benzene rings is 1. The molecule has 38 heavy (non-hydrogen) atoms. The summed E-state index contributed by atoms with van der Waals surface area (Å²) in [5, 5.41) is 7.77. The summed E-state index contributed by atoms with van der Waals surface area (Å²) in [5.41, 5.74) is 1.89. The van der Waals surface area contributed by atoms with Crippen LogP contribution in [0.15, 0.2) is 49.1 Å². The van der Waals surface area contributed by atoms with Crippen molar-refractivity contribution in [3.05, 3.63) is 54.6 Å². The first kappa shape index (κ1) is 25.3. The van der Waals surface area contributed by atoms with Crippen LogP contribution in [0.1, 0.15) is 18.4 Å². The van der Waals surface area contributed by atoms with Gasteiger partial charge >= 0.3 is 0 Å². The van der Waals surface area contributed by atoms with Gasteiger partial charge in [-0.05, 0) is 25.3 Å². The minimum atomic E-state index is -3.92. The van der Waals surface area contributed by atoms with E-state index in [1.807, 2.05) is 42.2 Å². The summed E-state index contributed by atoms with van der Waals surface area (Å²) < 4.78 is 42.4. The van der Waals surface area contributed by atoms with Gasteiger partial charge in [-0.2, -0.15) is 9.97 Å². The zero-order valence-electron chi connectivity index (χ0n) is 21.1. The van der Waals surface area contributed by atoms with Crippen LogP contribution in [-0.2, 0) is 10.0 Å². The molecule has 1 aromatic carbocycles. The third-order valence-corrected chi connectivity index (χ3v) is 7.89. The fourth-order valence-corrected chi connectivity index (χ4v) is 5.71. The highest BCUT2D eigenvalue weighted by Gasteiger charge is 2.34. The Kier molecular flexibility index (Phi) is 7.05. The van der Waals surface area contributed by atoms with Crippen LogP contribution in [0.3, 0.4) is 0 Å². The number of hydrogen-bond acceptors (Lipinski definition) is 11. The van der Waals surface area contributed by atoms with Crippen LogP contribution in [0, 0.1) is 6.92 Å². The number of aromatic nitrogens is 7. The Balaban J connectivity index is 1.54. The highest BCUT2D eigenvalue weighted by Crippen LogP contribution is 2.35. The third kappa shape index (κ3) is 4.94. The molecule has 198 valence electrons. The van der Waals surface area contributed by atoms with Gasteiger partial charge in [0.15, 0.2) is 11.5 Å². The van der Waals surface area contributed by atoms with E-state index in [1.165, 1.54) is 25.1 Å². The van der Waals surface area contributed by atoms with Gasteiger partial charge in [0.25, 0.3) is 0 Å². The number of piperidine rings is 1. The van der Waals surface area contributed by atoms with E-state index >= 15 is 0 Å². The first-order chi connectivity index (χ1) is 18.4. The lowest BCUT2D eigenvalue weighted by molar-refractivity contribution is 0.368. The maximum absolute atomic E-state index is 13.7. The van der Waals surface area contributed by atoms with Crippen LogP contribution in [0.5, 0.6) is 11.8 Å². The van der Waals surface area contributed by atoms with E-state index in [0.717, 1.165) is 5.56 Å². The molecule has 1 atom stereocenters. The Morgan fingerprint density at radius 2 is 1.66 bits per heavy atom. The quantitative estimate of drug-likeness (QED) is 0.352. The molecule has 0 amide bonds. The molecule has 0 radical (unpaired) electrons. The first-order valence-corrected chi connectivity index (χ1v) is 13.5. The SMILES string of the molecule is COc1ncnc(OC)c1-n1c(NS(=O)(=O)C2CCCN(c3ncc(C)cn3)C2)nnc1-c1ccccc1. The van der Waals surface area contributed by atoms with Crippen molar-refractivity contribution in [1.82, 2.24) is 34.7 Å². The Morgan fingerprint density at radius 3 is 2.32 bits per heavy atom. The average molecular weight is 538 g/mol. The van der Waals surface area contributed by atoms with E-state index in [0.29, 0.717) is 36.7 Å². The fraction of sp³-hybridized carbons (Fsp3) is 0.333. The summed E-state index contributed by atoms with van der Waals surface area (Å²) in [6.45, 7) is 2.80. The van der Waals surface area contributed by atoms with Crippen molar-refractivity contribution in [2.24, 2.45) is 0 Å². The fourth-order valence-electron chi connectivity index (χ4n) is 4.31. The maximum Gasteiger partial charge on any atom is 0.245 e. The smallest absolute Gasteiger partial charge is 0.245 e. The molecule has 1 unspecified atom stereocenters. The molecular formula is C24H27N9O4S. The largest absolute Gasteiger partial charge is 0.479 e. The van der Waals surface area contributed by atoms with Gasteiger partial charge in [-0.15, -0.1) is 10.2 Å². The number of methoxy groups -OCH3 is 2. The van der Waals surface area contributed by atoms with Gasteiger partial charge in [-0.3, -0.25) is 9.29 Å². The molecular weight excluding hydrogens is 510 g/mol. The van der Waals surface area contributed by atoms with Gasteiger partial charge in [-0.1, -0.05) is 30.3 Å². The molecule has 4 heterocycles. The van der Waals surface area contributed by atoms with Gasteiger partial charge in [0.2, 0.25) is 33.7 Å². The van der Waals surface area contributed by atoms with Crippen molar-refractivity contribution in [1.29, 1.82) is 0 Å². The Morgan fingerprint density at radius 1 is 0.974 bits per heavy atom. The van der Waals surface area contributed by atoms with E-state index in [4.69, 9.17) is 9.47 Å². The topological polar surface area (TPSA) is 150 Å². The summed E-state index contributed by atoms with van der Waals surface area (Å²) in [5.74, 6) is 1.14. The number of aryl methyl sites for hydroxylation is 1. The molecule has 13 nitrogen and oxygen atoms in total. The van der Waals surface area contributed by atoms with Crippen molar-refractivity contribution in [2.45, 2.75) is 25.0 Å². The van der Waals surface area contributed by atoms with Gasteiger partial charge in [0, 0.05) is 31.0 Å². The molecule has 0 spiro atoms. The van der Waals surface area contributed by atoms with Gasteiger partial charge in [0.05, 0.1) is 19.5 Å². The normalized spacial score (nSPS) is 15.8. The van der Waals surface area contributed by atoms with E-state index in [9.17, 15) is 8.42 Å². The van der Waals surface area contributed by atoms with Crippen LogP contribution in [0.4, 0.5) is 11.9 Å². The summed E-state index contributed by atoms with van der Waals surface area (Å²) in [6.07, 6.45) is 5.86. The van der Waals surface area contributed by atoms with Crippen molar-refractivity contribution >= 4 is 21.9 Å². The van der Waals surface area contributed by atoms with Crippen LogP contribution in [-0.4, -0.2) is 75.7 Å². The van der Waals surface area contributed by atoms with Gasteiger partial charge in [-0.25, -0.2) is 18.4 Å². The molecule has 1 fully saturated rings. The number of hydrogen-bond donors (Lipinski definition) is 1.